The van der Waals surface area contributed by atoms with Gasteiger partial charge in [-0.15, -0.1) is 0 Å². The topological polar surface area (TPSA) is 46.6 Å². The van der Waals surface area contributed by atoms with E-state index in [-0.39, 0.29) is 4.90 Å². The van der Waals surface area contributed by atoms with Crippen molar-refractivity contribution in [2.75, 3.05) is 10.9 Å². The highest BCUT2D eigenvalue weighted by Crippen LogP contribution is 2.38. The lowest BCUT2D eigenvalue weighted by molar-refractivity contribution is 0.319. The zero-order chi connectivity index (χ0) is 22.6. The van der Waals surface area contributed by atoms with Gasteiger partial charge in [0.2, 0.25) is 0 Å². The van der Waals surface area contributed by atoms with Gasteiger partial charge in [0.1, 0.15) is 17.4 Å². The Bertz CT molecular complexity index is 1150. The molecule has 1 unspecified atom stereocenters. The van der Waals surface area contributed by atoms with Crippen LogP contribution >= 0.6 is 11.6 Å². The van der Waals surface area contributed by atoms with E-state index >= 15 is 0 Å². The summed E-state index contributed by atoms with van der Waals surface area (Å²) in [4.78, 5) is -0.108. The number of hydrogen-bond acceptors (Lipinski definition) is 3. The van der Waals surface area contributed by atoms with Crippen molar-refractivity contribution in [2.45, 2.75) is 24.3 Å². The van der Waals surface area contributed by atoms with Crippen molar-refractivity contribution in [2.24, 2.45) is 0 Å². The molecule has 0 heterocycles. The highest BCUT2D eigenvalue weighted by atomic mass is 35.5. The Hall–Kier alpha value is -2.64. The van der Waals surface area contributed by atoms with Crippen molar-refractivity contribution in [3.63, 3.8) is 0 Å². The van der Waals surface area contributed by atoms with Gasteiger partial charge in [0.05, 0.1) is 23.2 Å². The number of rotatable bonds is 8. The van der Waals surface area contributed by atoms with Gasteiger partial charge in [-0.3, -0.25) is 4.31 Å². The van der Waals surface area contributed by atoms with Crippen molar-refractivity contribution < 1.29 is 21.9 Å². The normalized spacial score (nSPS) is 12.4. The molecule has 0 N–H and O–H groups in total. The summed E-state index contributed by atoms with van der Waals surface area (Å²) in [5, 5.41) is 0.349. The van der Waals surface area contributed by atoms with Crippen LogP contribution in [0.15, 0.2) is 71.6 Å². The maximum Gasteiger partial charge on any atom is 0.264 e. The Kier molecular flexibility index (Phi) is 7.18. The molecule has 3 aromatic rings. The van der Waals surface area contributed by atoms with Crippen LogP contribution in [0.2, 0.25) is 5.02 Å². The molecule has 1 atom stereocenters. The number of nitrogens with zero attached hydrogens (tertiary/aromatic N) is 1. The fourth-order valence-corrected chi connectivity index (χ4v) is 4.95. The summed E-state index contributed by atoms with van der Waals surface area (Å²) in [7, 11) is -4.29. The number of sulfonamides is 1. The lowest BCUT2D eigenvalue weighted by Crippen LogP contribution is -2.34. The van der Waals surface area contributed by atoms with E-state index in [0.717, 1.165) is 22.5 Å². The summed E-state index contributed by atoms with van der Waals surface area (Å²) in [5.74, 6) is -1.20. The van der Waals surface area contributed by atoms with Gasteiger partial charge < -0.3 is 4.74 Å². The third-order valence-electron chi connectivity index (χ3n) is 4.64. The molecule has 8 heteroatoms. The van der Waals surface area contributed by atoms with Gasteiger partial charge in [-0.1, -0.05) is 29.8 Å². The first-order valence-corrected chi connectivity index (χ1v) is 11.3. The highest BCUT2D eigenvalue weighted by molar-refractivity contribution is 7.92. The first-order chi connectivity index (χ1) is 14.8. The van der Waals surface area contributed by atoms with Crippen molar-refractivity contribution in [3.05, 3.63) is 95.9 Å². The molecule has 0 bridgehead atoms. The molecule has 4 nitrogen and oxygen atoms in total. The summed E-state index contributed by atoms with van der Waals surface area (Å²) in [6.45, 7) is 5.64. The Morgan fingerprint density at radius 1 is 1.06 bits per heavy atom. The number of anilines is 1. The summed E-state index contributed by atoms with van der Waals surface area (Å²) in [6.07, 6.45) is 0.508. The molecule has 0 aliphatic rings. The van der Waals surface area contributed by atoms with Crippen LogP contribution in [-0.4, -0.2) is 15.0 Å². The molecule has 0 aromatic heterocycles. The van der Waals surface area contributed by atoms with Gasteiger partial charge >= 0.3 is 0 Å². The number of para-hydroxylation sites is 1. The number of halogens is 3. The van der Waals surface area contributed by atoms with Crippen molar-refractivity contribution in [1.82, 2.24) is 0 Å². The smallest absolute Gasteiger partial charge is 0.264 e. The second-order valence-electron chi connectivity index (χ2n) is 6.77. The summed E-state index contributed by atoms with van der Waals surface area (Å²) >= 11 is 5.89. The molecule has 0 saturated heterocycles. The SMILES string of the molecule is [CH2]CCOc1ccccc1C(C)N(c1cc(F)ccc1F)S(=O)(=O)c1ccc(Cl)cc1. The van der Waals surface area contributed by atoms with E-state index in [1.165, 1.54) is 24.3 Å². The van der Waals surface area contributed by atoms with E-state index in [9.17, 15) is 17.2 Å². The average molecular weight is 465 g/mol. The molecule has 3 rings (SSSR count). The molecule has 0 aliphatic heterocycles. The quantitative estimate of drug-likeness (QED) is 0.400. The van der Waals surface area contributed by atoms with Gasteiger partial charge in [0, 0.05) is 16.7 Å². The third kappa shape index (κ3) is 4.99. The minimum Gasteiger partial charge on any atom is -0.493 e. The zero-order valence-electron chi connectivity index (χ0n) is 16.8. The van der Waals surface area contributed by atoms with Crippen LogP contribution in [0.5, 0.6) is 5.75 Å². The van der Waals surface area contributed by atoms with E-state index in [4.69, 9.17) is 16.3 Å². The third-order valence-corrected chi connectivity index (χ3v) is 6.79. The molecule has 0 fully saturated rings. The lowest BCUT2D eigenvalue weighted by Gasteiger charge is -2.32. The largest absolute Gasteiger partial charge is 0.493 e. The fraction of sp³-hybridized carbons (Fsp3) is 0.174. The molecule has 31 heavy (non-hydrogen) atoms. The van der Waals surface area contributed by atoms with E-state index < -0.39 is 33.4 Å². The Labute approximate surface area is 186 Å². The van der Waals surface area contributed by atoms with Crippen LogP contribution in [-0.2, 0) is 10.0 Å². The number of ether oxygens (including phenoxy) is 1. The molecule has 0 spiro atoms. The molecule has 3 aromatic carbocycles. The summed E-state index contributed by atoms with van der Waals surface area (Å²) < 4.78 is 62.6. The Morgan fingerprint density at radius 3 is 2.42 bits per heavy atom. The second-order valence-corrected chi connectivity index (χ2v) is 9.02. The first kappa shape index (κ1) is 23.0. The number of benzene rings is 3. The molecular formula is C23H21ClF2NO3S. The highest BCUT2D eigenvalue weighted by Gasteiger charge is 2.34. The maximum absolute atomic E-state index is 14.8. The van der Waals surface area contributed by atoms with Gasteiger partial charge in [-0.05, 0) is 62.7 Å². The minimum absolute atomic E-state index is 0.108. The van der Waals surface area contributed by atoms with Crippen molar-refractivity contribution >= 4 is 27.3 Å². The second kappa shape index (κ2) is 9.66. The van der Waals surface area contributed by atoms with Crippen molar-refractivity contribution in [3.8, 4) is 5.75 Å². The van der Waals surface area contributed by atoms with Crippen LogP contribution in [0.1, 0.15) is 24.9 Å². The number of hydrogen-bond donors (Lipinski definition) is 0. The summed E-state index contributed by atoms with van der Waals surface area (Å²) in [5.41, 5.74) is 0.0894. The van der Waals surface area contributed by atoms with Gasteiger partial charge in [0.15, 0.2) is 0 Å². The molecule has 163 valence electrons. The monoisotopic (exact) mass is 464 g/mol. The predicted octanol–water partition coefficient (Wildman–Crippen LogP) is 6.18. The van der Waals surface area contributed by atoms with Crippen LogP contribution < -0.4 is 9.04 Å². The molecule has 0 saturated carbocycles. The Balaban J connectivity index is 2.20. The van der Waals surface area contributed by atoms with Gasteiger partial charge in [-0.2, -0.15) is 0 Å². The molecule has 0 amide bonds. The van der Waals surface area contributed by atoms with Crippen LogP contribution in [0.3, 0.4) is 0 Å². The summed E-state index contributed by atoms with van der Waals surface area (Å²) in [6, 6.07) is 14.1. The maximum atomic E-state index is 14.8. The fourth-order valence-electron chi connectivity index (χ4n) is 3.19. The van der Waals surface area contributed by atoms with Crippen LogP contribution in [0.25, 0.3) is 0 Å². The average Bonchev–Trinajstić information content (AvgIpc) is 2.75. The minimum atomic E-state index is -4.29. The molecular weight excluding hydrogens is 444 g/mol. The first-order valence-electron chi connectivity index (χ1n) is 9.51. The predicted molar refractivity (Wildman–Crippen MR) is 118 cm³/mol. The molecule has 1 radical (unpaired) electrons. The standard InChI is InChI=1S/C23H21ClF2NO3S/c1-3-14-30-23-7-5-4-6-20(23)16(2)27(22-15-18(25)10-13-21(22)26)31(28,29)19-11-8-17(24)9-12-19/h4-13,15-16H,1,3,14H2,2H3. The van der Waals surface area contributed by atoms with Gasteiger partial charge in [-0.25, -0.2) is 17.2 Å². The van der Waals surface area contributed by atoms with E-state index in [1.807, 2.05) is 0 Å². The van der Waals surface area contributed by atoms with E-state index in [2.05, 4.69) is 6.92 Å². The van der Waals surface area contributed by atoms with Crippen molar-refractivity contribution in [1.29, 1.82) is 0 Å². The van der Waals surface area contributed by atoms with Gasteiger partial charge in [0.25, 0.3) is 10.0 Å². The van der Waals surface area contributed by atoms with E-state index in [0.29, 0.717) is 29.4 Å². The van der Waals surface area contributed by atoms with Crippen LogP contribution in [0, 0.1) is 18.6 Å². The van der Waals surface area contributed by atoms with E-state index in [1.54, 1.807) is 31.2 Å². The Morgan fingerprint density at radius 2 is 1.74 bits per heavy atom. The lowest BCUT2D eigenvalue weighted by atomic mass is 10.1. The molecule has 0 aliphatic carbocycles. The van der Waals surface area contributed by atoms with Crippen LogP contribution in [0.4, 0.5) is 14.5 Å². The zero-order valence-corrected chi connectivity index (χ0v) is 18.3.